The van der Waals surface area contributed by atoms with Gasteiger partial charge in [0.2, 0.25) is 0 Å². The zero-order valence-corrected chi connectivity index (χ0v) is 51.4. The summed E-state index contributed by atoms with van der Waals surface area (Å²) in [6.45, 7) is 4.17. The molecule has 1 fully saturated rings. The van der Waals surface area contributed by atoms with Gasteiger partial charge in [-0.3, -0.25) is 0 Å². The number of hydrogen-bond donors (Lipinski definition) is 0. The van der Waals surface area contributed by atoms with E-state index in [1.807, 2.05) is 0 Å². The summed E-state index contributed by atoms with van der Waals surface area (Å²) in [4.78, 5) is 4.94. The molecule has 12 aromatic rings. The molecule has 2 bridgehead atoms. The van der Waals surface area contributed by atoms with Crippen molar-refractivity contribution < 1.29 is 9.47 Å². The maximum absolute atomic E-state index is 12.6. The summed E-state index contributed by atoms with van der Waals surface area (Å²) < 4.78 is 14.1. The van der Waals surface area contributed by atoms with Crippen molar-refractivity contribution in [1.82, 2.24) is 0 Å². The monoisotopic (exact) mass is 1190 g/mol. The van der Waals surface area contributed by atoms with Crippen LogP contribution in [0.4, 0.5) is 34.1 Å². The molecule has 0 aromatic heterocycles. The molecule has 0 N–H and O–H groups in total. The summed E-state index contributed by atoms with van der Waals surface area (Å²) in [7, 11) is 0. The number of nitrogens with zero attached hydrogens (tertiary/aromatic N) is 4. The molecule has 440 valence electrons. The lowest BCUT2D eigenvalue weighted by Crippen LogP contribution is -2.41. The smallest absolute Gasteiger partial charge is 0.132 e. The normalized spacial score (nSPS) is 16.7. The van der Waals surface area contributed by atoms with E-state index >= 15 is 0 Å². The molecule has 2 aliphatic carbocycles. The SMILES string of the molecule is CC=CC(=CC)c1ccc2c(c1)C1(c3ccccc3Oc3ccccc31)c1cc(-c3ccccc3)ccc1N2c1c(C#N)c(C#N)c2c(c1N1c3ccc(-c4ccccc4)cc3C3(c4ccccc4Oc4ccccc43)c3cc(-c4ccccc4)ccc31)C1CCC2C1. The molecule has 0 saturated heterocycles. The number of hydrogen-bond acceptors (Lipinski definition) is 6. The first kappa shape index (κ1) is 54.3. The largest absolute Gasteiger partial charge is 0.457 e. The highest BCUT2D eigenvalue weighted by atomic mass is 16.5. The molecule has 93 heavy (non-hydrogen) atoms. The van der Waals surface area contributed by atoms with Crippen LogP contribution in [-0.2, 0) is 10.8 Å². The fraction of sp³-hybridized carbons (Fsp3) is 0.103. The highest BCUT2D eigenvalue weighted by Crippen LogP contribution is 2.71. The average molecular weight is 1190 g/mol. The third kappa shape index (κ3) is 7.61. The van der Waals surface area contributed by atoms with Gasteiger partial charge in [0.25, 0.3) is 0 Å². The molecule has 2 atom stereocenters. The van der Waals surface area contributed by atoms with Gasteiger partial charge in [-0.15, -0.1) is 0 Å². The predicted molar refractivity (Wildman–Crippen MR) is 373 cm³/mol. The van der Waals surface area contributed by atoms with Crippen LogP contribution in [-0.4, -0.2) is 0 Å². The van der Waals surface area contributed by atoms with E-state index in [0.29, 0.717) is 16.8 Å². The number of nitriles is 2. The highest BCUT2D eigenvalue weighted by Gasteiger charge is 2.56. The Labute approximate surface area is 542 Å². The Hall–Kier alpha value is -11.7. The van der Waals surface area contributed by atoms with Gasteiger partial charge in [-0.25, -0.2) is 0 Å². The highest BCUT2D eigenvalue weighted by molar-refractivity contribution is 6.05. The van der Waals surface area contributed by atoms with Crippen LogP contribution in [0.3, 0.4) is 0 Å². The van der Waals surface area contributed by atoms with E-state index in [9.17, 15) is 10.5 Å². The summed E-state index contributed by atoms with van der Waals surface area (Å²) in [5.74, 6) is 3.32. The molecule has 4 aliphatic heterocycles. The molecule has 6 aliphatic rings. The molecule has 2 unspecified atom stereocenters. The van der Waals surface area contributed by atoms with Gasteiger partial charge in [0.15, 0.2) is 0 Å². The Bertz CT molecular complexity index is 5100. The Kier molecular flexibility index (Phi) is 12.2. The van der Waals surface area contributed by atoms with Crippen LogP contribution >= 0.6 is 0 Å². The minimum absolute atomic E-state index is 0.100. The van der Waals surface area contributed by atoms with Gasteiger partial charge in [0.1, 0.15) is 35.1 Å². The summed E-state index contributed by atoms with van der Waals surface area (Å²) >= 11 is 0. The molecule has 1 saturated carbocycles. The van der Waals surface area contributed by atoms with E-state index in [1.165, 1.54) is 0 Å². The summed E-state index contributed by atoms with van der Waals surface area (Å²) in [5, 5.41) is 24.7. The minimum Gasteiger partial charge on any atom is -0.457 e. The van der Waals surface area contributed by atoms with Gasteiger partial charge in [0.05, 0.1) is 56.1 Å². The molecular weight excluding hydrogens is 1130 g/mol. The molecular formula is C87H60N4O2. The Morgan fingerprint density at radius 1 is 0.387 bits per heavy atom. The first-order valence-electron chi connectivity index (χ1n) is 32.4. The van der Waals surface area contributed by atoms with Crippen molar-refractivity contribution in [1.29, 1.82) is 10.5 Å². The second-order valence-corrected chi connectivity index (χ2v) is 25.3. The van der Waals surface area contributed by atoms with Gasteiger partial charge in [0, 0.05) is 22.3 Å². The summed E-state index contributed by atoms with van der Waals surface area (Å²) in [6.07, 6.45) is 9.27. The van der Waals surface area contributed by atoms with Crippen molar-refractivity contribution in [2.24, 2.45) is 0 Å². The van der Waals surface area contributed by atoms with Gasteiger partial charge < -0.3 is 19.3 Å². The van der Waals surface area contributed by atoms with Gasteiger partial charge in [-0.1, -0.05) is 206 Å². The van der Waals surface area contributed by atoms with Crippen molar-refractivity contribution in [3.63, 3.8) is 0 Å². The van der Waals surface area contributed by atoms with Gasteiger partial charge in [-0.05, 0) is 196 Å². The fourth-order valence-electron chi connectivity index (χ4n) is 17.2. The van der Waals surface area contributed by atoms with E-state index in [4.69, 9.17) is 9.47 Å². The molecule has 12 aromatic carbocycles. The lowest BCUT2D eigenvalue weighted by molar-refractivity contribution is 0.433. The zero-order chi connectivity index (χ0) is 62.1. The average Bonchev–Trinajstić information content (AvgIpc) is 1.29. The summed E-state index contributed by atoms with van der Waals surface area (Å²) in [6, 6.07) is 99.9. The number of anilines is 6. The van der Waals surface area contributed by atoms with Gasteiger partial charge >= 0.3 is 0 Å². The number of fused-ring (bicyclic) bond motifs is 21. The number of ether oxygens (including phenoxy) is 2. The second-order valence-electron chi connectivity index (χ2n) is 25.3. The fourth-order valence-corrected chi connectivity index (χ4v) is 17.2. The molecule has 0 radical (unpaired) electrons. The molecule has 18 rings (SSSR count). The maximum Gasteiger partial charge on any atom is 0.132 e. The number of allylic oxidation sites excluding steroid dienone is 4. The first-order valence-corrected chi connectivity index (χ1v) is 32.4. The standard InChI is InChI=1S/C87H60N4O2/c1-3-22-54(4-2)58-39-43-74-70(48-58)86(66-29-14-18-33-78(66)92-79-34-19-15-30-67(79)86)71-49-59(55-23-8-5-9-24-55)40-44-75(71)90(74)84-65(53-89)64(52-88)82-62-37-38-63(47-62)83(82)85(84)91-76-45-41-60(56-25-10-6-11-26-56)50-72(76)87(73-51-61(42-46-77(73)91)57-27-12-7-13-28-57)68-31-16-20-35-80(68)93-81-36-21-17-32-69(81)87/h3-36,39-46,48-51,62-63H,37-38,47H2,1-2H3. The maximum atomic E-state index is 12.6. The molecule has 6 nitrogen and oxygen atoms in total. The lowest BCUT2D eigenvalue weighted by atomic mass is 9.60. The van der Waals surface area contributed by atoms with Crippen LogP contribution in [0.25, 0.3) is 39.0 Å². The van der Waals surface area contributed by atoms with Crippen LogP contribution in [0, 0.1) is 22.7 Å². The van der Waals surface area contributed by atoms with Crippen LogP contribution in [0.2, 0.25) is 0 Å². The van der Waals surface area contributed by atoms with Crippen molar-refractivity contribution in [3.05, 3.63) is 351 Å². The number of benzene rings is 12. The lowest BCUT2D eigenvalue weighted by Gasteiger charge is -2.51. The van der Waals surface area contributed by atoms with Crippen LogP contribution in [0.15, 0.2) is 279 Å². The van der Waals surface area contributed by atoms with E-state index in [1.54, 1.807) is 0 Å². The van der Waals surface area contributed by atoms with E-state index in [0.717, 1.165) is 171 Å². The molecule has 4 heterocycles. The van der Waals surface area contributed by atoms with Crippen molar-refractivity contribution in [2.75, 3.05) is 9.80 Å². The Morgan fingerprint density at radius 2 is 0.753 bits per heavy atom. The quantitative estimate of drug-likeness (QED) is 0.148. The Morgan fingerprint density at radius 3 is 1.15 bits per heavy atom. The third-order valence-electron chi connectivity index (χ3n) is 20.9. The Balaban J connectivity index is 1.03. The number of rotatable bonds is 7. The van der Waals surface area contributed by atoms with Crippen molar-refractivity contribution in [3.8, 4) is 68.5 Å². The van der Waals surface area contributed by atoms with E-state index in [2.05, 4.69) is 315 Å². The van der Waals surface area contributed by atoms with Crippen molar-refractivity contribution in [2.45, 2.75) is 55.8 Å². The predicted octanol–water partition coefficient (Wildman–Crippen LogP) is 22.3. The second kappa shape index (κ2) is 20.9. The molecule has 6 heteroatoms. The van der Waals surface area contributed by atoms with E-state index < -0.39 is 10.8 Å². The topological polar surface area (TPSA) is 72.5 Å². The first-order chi connectivity index (χ1) is 46.0. The zero-order valence-electron chi connectivity index (χ0n) is 51.4. The van der Waals surface area contributed by atoms with Crippen LogP contribution in [0.5, 0.6) is 23.0 Å². The summed E-state index contributed by atoms with van der Waals surface area (Å²) in [5.41, 5.74) is 23.2. The molecule has 0 amide bonds. The third-order valence-corrected chi connectivity index (χ3v) is 20.9. The number of para-hydroxylation sites is 4. The van der Waals surface area contributed by atoms with Crippen LogP contribution < -0.4 is 19.3 Å². The van der Waals surface area contributed by atoms with Gasteiger partial charge in [-0.2, -0.15) is 10.5 Å². The van der Waals surface area contributed by atoms with Crippen molar-refractivity contribution >= 4 is 39.7 Å². The van der Waals surface area contributed by atoms with E-state index in [-0.39, 0.29) is 11.8 Å². The van der Waals surface area contributed by atoms with Crippen LogP contribution in [0.1, 0.15) is 117 Å². The minimum atomic E-state index is -0.981. The molecule has 2 spiro atoms.